The molecule has 18 heavy (non-hydrogen) atoms. The summed E-state index contributed by atoms with van der Waals surface area (Å²) in [4.78, 5) is 1.95. The standard InChI is InChI=1S/C13H13NO2S2/c1-18(15,16)14-12-9-5-6-10-13(12)17-11-7-3-2-4-8-11/h2-10,14H,1H3. The molecule has 0 aliphatic heterocycles. The molecule has 0 saturated heterocycles. The second kappa shape index (κ2) is 5.46. The summed E-state index contributed by atoms with van der Waals surface area (Å²) >= 11 is 1.53. The van der Waals surface area contributed by atoms with E-state index in [1.807, 2.05) is 48.5 Å². The van der Waals surface area contributed by atoms with Gasteiger partial charge in [0.15, 0.2) is 0 Å². The van der Waals surface area contributed by atoms with Crippen LogP contribution in [0, 0.1) is 0 Å². The Bertz CT molecular complexity index is 624. The van der Waals surface area contributed by atoms with E-state index in [9.17, 15) is 8.42 Å². The predicted octanol–water partition coefficient (Wildman–Crippen LogP) is 3.21. The van der Waals surface area contributed by atoms with Crippen LogP contribution >= 0.6 is 11.8 Å². The molecule has 0 aliphatic carbocycles. The molecule has 0 atom stereocenters. The van der Waals surface area contributed by atoms with Gasteiger partial charge in [0.05, 0.1) is 11.9 Å². The lowest BCUT2D eigenvalue weighted by atomic mass is 10.3. The number of rotatable bonds is 4. The van der Waals surface area contributed by atoms with Gasteiger partial charge >= 0.3 is 0 Å². The average molecular weight is 279 g/mol. The van der Waals surface area contributed by atoms with Crippen LogP contribution in [0.4, 0.5) is 5.69 Å². The van der Waals surface area contributed by atoms with Crippen LogP contribution in [-0.4, -0.2) is 14.7 Å². The Balaban J connectivity index is 2.28. The van der Waals surface area contributed by atoms with Gasteiger partial charge in [-0.25, -0.2) is 8.42 Å². The lowest BCUT2D eigenvalue weighted by Gasteiger charge is -2.09. The Morgan fingerprint density at radius 3 is 2.22 bits per heavy atom. The summed E-state index contributed by atoms with van der Waals surface area (Å²) in [5.41, 5.74) is 0.605. The summed E-state index contributed by atoms with van der Waals surface area (Å²) < 4.78 is 25.1. The molecule has 0 aliphatic rings. The highest BCUT2D eigenvalue weighted by atomic mass is 32.2. The van der Waals surface area contributed by atoms with Crippen molar-refractivity contribution >= 4 is 27.5 Å². The third-order valence-electron chi connectivity index (χ3n) is 2.15. The van der Waals surface area contributed by atoms with Gasteiger partial charge in [0.25, 0.3) is 0 Å². The van der Waals surface area contributed by atoms with E-state index in [-0.39, 0.29) is 0 Å². The van der Waals surface area contributed by atoms with Gasteiger partial charge in [-0.05, 0) is 24.3 Å². The summed E-state index contributed by atoms with van der Waals surface area (Å²) in [6.07, 6.45) is 1.15. The number of para-hydroxylation sites is 1. The summed E-state index contributed by atoms with van der Waals surface area (Å²) in [5, 5.41) is 0. The van der Waals surface area contributed by atoms with Gasteiger partial charge in [-0.1, -0.05) is 42.1 Å². The van der Waals surface area contributed by atoms with E-state index in [1.54, 1.807) is 6.07 Å². The highest BCUT2D eigenvalue weighted by molar-refractivity contribution is 7.99. The number of sulfonamides is 1. The van der Waals surface area contributed by atoms with Crippen molar-refractivity contribution in [2.24, 2.45) is 0 Å². The lowest BCUT2D eigenvalue weighted by Crippen LogP contribution is -2.10. The van der Waals surface area contributed by atoms with E-state index < -0.39 is 10.0 Å². The minimum atomic E-state index is -3.26. The largest absolute Gasteiger partial charge is 0.283 e. The van der Waals surface area contributed by atoms with E-state index >= 15 is 0 Å². The van der Waals surface area contributed by atoms with Crippen molar-refractivity contribution in [1.82, 2.24) is 0 Å². The first-order valence-electron chi connectivity index (χ1n) is 5.34. The first-order chi connectivity index (χ1) is 8.54. The quantitative estimate of drug-likeness (QED) is 0.934. The van der Waals surface area contributed by atoms with Gasteiger partial charge in [-0.3, -0.25) is 4.72 Å². The molecule has 5 heteroatoms. The topological polar surface area (TPSA) is 46.2 Å². The van der Waals surface area contributed by atoms with Crippen molar-refractivity contribution < 1.29 is 8.42 Å². The zero-order valence-electron chi connectivity index (χ0n) is 9.83. The number of benzene rings is 2. The van der Waals surface area contributed by atoms with Crippen LogP contribution in [0.3, 0.4) is 0 Å². The predicted molar refractivity (Wildman–Crippen MR) is 75.5 cm³/mol. The summed E-state index contributed by atoms with van der Waals surface area (Å²) in [5.74, 6) is 0. The maximum absolute atomic E-state index is 11.3. The van der Waals surface area contributed by atoms with E-state index in [4.69, 9.17) is 0 Å². The highest BCUT2D eigenvalue weighted by Crippen LogP contribution is 2.33. The second-order valence-corrected chi connectivity index (χ2v) is 6.65. The molecule has 0 unspecified atom stereocenters. The van der Waals surface area contributed by atoms with Crippen molar-refractivity contribution in [2.75, 3.05) is 11.0 Å². The SMILES string of the molecule is CS(=O)(=O)Nc1ccccc1Sc1ccccc1. The fourth-order valence-corrected chi connectivity index (χ4v) is 3.02. The molecule has 0 fully saturated rings. The van der Waals surface area contributed by atoms with Crippen molar-refractivity contribution in [2.45, 2.75) is 9.79 Å². The smallest absolute Gasteiger partial charge is 0.229 e. The van der Waals surface area contributed by atoms with Gasteiger partial charge in [0.2, 0.25) is 10.0 Å². The van der Waals surface area contributed by atoms with Crippen LogP contribution in [0.25, 0.3) is 0 Å². The number of hydrogen-bond acceptors (Lipinski definition) is 3. The minimum absolute atomic E-state index is 0.605. The summed E-state index contributed by atoms with van der Waals surface area (Å²) in [6, 6.07) is 17.2. The van der Waals surface area contributed by atoms with Crippen molar-refractivity contribution in [1.29, 1.82) is 0 Å². The molecular weight excluding hydrogens is 266 g/mol. The molecule has 0 heterocycles. The Morgan fingerprint density at radius 1 is 0.944 bits per heavy atom. The molecular formula is C13H13NO2S2. The summed E-state index contributed by atoms with van der Waals surface area (Å²) in [7, 11) is -3.26. The molecule has 94 valence electrons. The van der Waals surface area contributed by atoms with Gasteiger partial charge in [0.1, 0.15) is 0 Å². The minimum Gasteiger partial charge on any atom is -0.283 e. The molecule has 2 rings (SSSR count). The van der Waals surface area contributed by atoms with Gasteiger partial charge < -0.3 is 0 Å². The fraction of sp³-hybridized carbons (Fsp3) is 0.0769. The van der Waals surface area contributed by atoms with Crippen LogP contribution in [0.2, 0.25) is 0 Å². The van der Waals surface area contributed by atoms with E-state index in [0.29, 0.717) is 5.69 Å². The number of hydrogen-bond donors (Lipinski definition) is 1. The van der Waals surface area contributed by atoms with E-state index in [1.165, 1.54) is 11.8 Å². The molecule has 3 nitrogen and oxygen atoms in total. The lowest BCUT2D eigenvalue weighted by molar-refractivity contribution is 0.606. The van der Waals surface area contributed by atoms with Crippen molar-refractivity contribution in [3.63, 3.8) is 0 Å². The first-order valence-corrected chi connectivity index (χ1v) is 8.05. The monoisotopic (exact) mass is 279 g/mol. The molecule has 0 spiro atoms. The van der Waals surface area contributed by atoms with E-state index in [0.717, 1.165) is 16.0 Å². The highest BCUT2D eigenvalue weighted by Gasteiger charge is 2.07. The molecule has 0 saturated carbocycles. The number of nitrogens with one attached hydrogen (secondary N) is 1. The fourth-order valence-electron chi connectivity index (χ4n) is 1.46. The van der Waals surface area contributed by atoms with E-state index in [2.05, 4.69) is 4.72 Å². The Morgan fingerprint density at radius 2 is 1.56 bits per heavy atom. The average Bonchev–Trinajstić information content (AvgIpc) is 2.31. The molecule has 1 N–H and O–H groups in total. The number of anilines is 1. The van der Waals surface area contributed by atoms with Gasteiger partial charge in [0, 0.05) is 9.79 Å². The Hall–Kier alpha value is -1.46. The zero-order valence-corrected chi connectivity index (χ0v) is 11.5. The molecule has 0 amide bonds. The maximum Gasteiger partial charge on any atom is 0.229 e. The van der Waals surface area contributed by atoms with Crippen molar-refractivity contribution in [3.8, 4) is 0 Å². The van der Waals surface area contributed by atoms with Crippen LogP contribution in [0.5, 0.6) is 0 Å². The zero-order chi connectivity index (χ0) is 13.0. The molecule has 2 aromatic carbocycles. The summed E-state index contributed by atoms with van der Waals surface area (Å²) in [6.45, 7) is 0. The van der Waals surface area contributed by atoms with Gasteiger partial charge in [-0.15, -0.1) is 0 Å². The Kier molecular flexibility index (Phi) is 3.93. The van der Waals surface area contributed by atoms with Crippen LogP contribution < -0.4 is 4.72 Å². The molecule has 2 aromatic rings. The maximum atomic E-state index is 11.3. The Labute approximate surface area is 111 Å². The van der Waals surface area contributed by atoms with Crippen LogP contribution in [0.15, 0.2) is 64.4 Å². The third kappa shape index (κ3) is 3.78. The first kappa shape index (κ1) is 13.0. The second-order valence-electron chi connectivity index (χ2n) is 3.79. The van der Waals surface area contributed by atoms with Gasteiger partial charge in [-0.2, -0.15) is 0 Å². The molecule has 0 radical (unpaired) electrons. The third-order valence-corrected chi connectivity index (χ3v) is 3.83. The van der Waals surface area contributed by atoms with Crippen molar-refractivity contribution in [3.05, 3.63) is 54.6 Å². The molecule has 0 aromatic heterocycles. The normalized spacial score (nSPS) is 11.2. The van der Waals surface area contributed by atoms with Crippen LogP contribution in [0.1, 0.15) is 0 Å². The molecule has 0 bridgehead atoms. The van der Waals surface area contributed by atoms with Crippen LogP contribution in [-0.2, 0) is 10.0 Å².